The van der Waals surface area contributed by atoms with Gasteiger partial charge in [0.05, 0.1) is 15.6 Å². The summed E-state index contributed by atoms with van der Waals surface area (Å²) in [5.41, 5.74) is 1.15. The molecule has 0 radical (unpaired) electrons. The molecule has 1 N–H and O–H groups in total. The first kappa shape index (κ1) is 15.4. The lowest BCUT2D eigenvalue weighted by Gasteiger charge is -2.16. The molecule has 0 unspecified atom stereocenters. The summed E-state index contributed by atoms with van der Waals surface area (Å²) in [5, 5.41) is 14.8. The van der Waals surface area contributed by atoms with Crippen LogP contribution in [0.5, 0.6) is 0 Å². The Morgan fingerprint density at radius 2 is 1.85 bits per heavy atom. The van der Waals surface area contributed by atoms with Crippen molar-refractivity contribution in [1.29, 1.82) is 0 Å². The van der Waals surface area contributed by atoms with E-state index in [1.807, 2.05) is 0 Å². The van der Waals surface area contributed by atoms with Crippen LogP contribution in [-0.2, 0) is 5.41 Å². The number of hydrogen-bond donors (Lipinski definition) is 1. The zero-order chi connectivity index (χ0) is 14.9. The number of nitrogens with zero attached hydrogens (tertiary/aromatic N) is 3. The molecule has 6 heteroatoms. The Labute approximate surface area is 128 Å². The van der Waals surface area contributed by atoms with Crippen LogP contribution in [0.4, 0.5) is 5.13 Å². The highest BCUT2D eigenvalue weighted by Gasteiger charge is 2.26. The monoisotopic (exact) mass is 310 g/mol. The Morgan fingerprint density at radius 1 is 1.15 bits per heavy atom. The van der Waals surface area contributed by atoms with E-state index in [0.29, 0.717) is 5.92 Å². The molecular weight excluding hydrogens is 288 g/mol. The standard InChI is InChI=1S/C14H22N4S2/c1-7-15-13-18-17-12(20-13)9-10(14(4,5)6)16-11(19-9)8(2)3/h8H,7H2,1-6H3,(H,15,18). The van der Waals surface area contributed by atoms with E-state index in [-0.39, 0.29) is 5.41 Å². The lowest BCUT2D eigenvalue weighted by molar-refractivity contribution is 0.571. The lowest BCUT2D eigenvalue weighted by atomic mass is 9.91. The number of anilines is 1. The average Bonchev–Trinajstić information content (AvgIpc) is 2.93. The van der Waals surface area contributed by atoms with Gasteiger partial charge in [0.25, 0.3) is 0 Å². The van der Waals surface area contributed by atoms with E-state index in [4.69, 9.17) is 4.98 Å². The van der Waals surface area contributed by atoms with Gasteiger partial charge in [-0.2, -0.15) is 0 Å². The predicted octanol–water partition coefficient (Wildman–Crippen LogP) is 4.51. The van der Waals surface area contributed by atoms with Crippen molar-refractivity contribution in [2.75, 3.05) is 11.9 Å². The van der Waals surface area contributed by atoms with Gasteiger partial charge in [-0.25, -0.2) is 4.98 Å². The molecular formula is C14H22N4S2. The second-order valence-corrected chi connectivity index (χ2v) is 8.09. The summed E-state index contributed by atoms with van der Waals surface area (Å²) in [4.78, 5) is 6.02. The summed E-state index contributed by atoms with van der Waals surface area (Å²) in [5.74, 6) is 0.441. The SMILES string of the molecule is CCNc1nnc(-c2sc(C(C)C)nc2C(C)(C)C)s1. The largest absolute Gasteiger partial charge is 0.360 e. The summed E-state index contributed by atoms with van der Waals surface area (Å²) < 4.78 is 0. The highest BCUT2D eigenvalue weighted by Crippen LogP contribution is 2.40. The number of nitrogens with one attached hydrogen (secondary N) is 1. The molecule has 2 aromatic rings. The molecule has 2 aromatic heterocycles. The molecule has 0 atom stereocenters. The van der Waals surface area contributed by atoms with Crippen molar-refractivity contribution in [3.05, 3.63) is 10.7 Å². The van der Waals surface area contributed by atoms with Crippen molar-refractivity contribution in [3.63, 3.8) is 0 Å². The van der Waals surface area contributed by atoms with Gasteiger partial charge in [0.15, 0.2) is 5.01 Å². The third-order valence-electron chi connectivity index (χ3n) is 2.80. The van der Waals surface area contributed by atoms with Gasteiger partial charge in [0.1, 0.15) is 0 Å². The van der Waals surface area contributed by atoms with Gasteiger partial charge in [-0.1, -0.05) is 46.0 Å². The van der Waals surface area contributed by atoms with Crippen molar-refractivity contribution in [3.8, 4) is 9.88 Å². The minimum absolute atomic E-state index is 0.0169. The number of hydrogen-bond acceptors (Lipinski definition) is 6. The lowest BCUT2D eigenvalue weighted by Crippen LogP contribution is -2.13. The van der Waals surface area contributed by atoms with Crippen LogP contribution in [0.1, 0.15) is 58.2 Å². The van der Waals surface area contributed by atoms with Gasteiger partial charge in [-0.3, -0.25) is 0 Å². The van der Waals surface area contributed by atoms with Crippen LogP contribution in [0.25, 0.3) is 9.88 Å². The molecule has 0 spiro atoms. The van der Waals surface area contributed by atoms with E-state index >= 15 is 0 Å². The summed E-state index contributed by atoms with van der Waals surface area (Å²) in [7, 11) is 0. The van der Waals surface area contributed by atoms with Gasteiger partial charge >= 0.3 is 0 Å². The zero-order valence-electron chi connectivity index (χ0n) is 12.9. The summed E-state index contributed by atoms with van der Waals surface area (Å²) >= 11 is 3.35. The Bertz CT molecular complexity index is 578. The van der Waals surface area contributed by atoms with Crippen molar-refractivity contribution in [1.82, 2.24) is 15.2 Å². The Morgan fingerprint density at radius 3 is 2.40 bits per heavy atom. The van der Waals surface area contributed by atoms with E-state index in [1.165, 1.54) is 9.88 Å². The summed E-state index contributed by atoms with van der Waals surface area (Å²) in [6, 6.07) is 0. The minimum atomic E-state index is 0.0169. The quantitative estimate of drug-likeness (QED) is 0.902. The molecule has 0 bridgehead atoms. The fourth-order valence-corrected chi connectivity index (χ4v) is 3.94. The Hall–Kier alpha value is -1.01. The first-order valence-electron chi connectivity index (χ1n) is 6.91. The molecule has 2 heterocycles. The van der Waals surface area contributed by atoms with Gasteiger partial charge in [-0.15, -0.1) is 21.5 Å². The predicted molar refractivity (Wildman–Crippen MR) is 88.0 cm³/mol. The molecule has 4 nitrogen and oxygen atoms in total. The van der Waals surface area contributed by atoms with Crippen LogP contribution in [0.15, 0.2) is 0 Å². The third kappa shape index (κ3) is 3.17. The van der Waals surface area contributed by atoms with Crippen LogP contribution < -0.4 is 5.32 Å². The molecule has 0 aliphatic carbocycles. The summed E-state index contributed by atoms with van der Waals surface area (Å²) in [6.07, 6.45) is 0. The first-order chi connectivity index (χ1) is 9.32. The van der Waals surface area contributed by atoms with E-state index < -0.39 is 0 Å². The molecule has 0 amide bonds. The minimum Gasteiger partial charge on any atom is -0.360 e. The van der Waals surface area contributed by atoms with E-state index in [9.17, 15) is 0 Å². The Kier molecular flexibility index (Phi) is 4.44. The molecule has 20 heavy (non-hydrogen) atoms. The fraction of sp³-hybridized carbons (Fsp3) is 0.643. The smallest absolute Gasteiger partial charge is 0.206 e. The van der Waals surface area contributed by atoms with E-state index in [1.54, 1.807) is 22.7 Å². The molecule has 0 aromatic carbocycles. The third-order valence-corrected chi connectivity index (χ3v) is 5.19. The molecule has 0 aliphatic rings. The van der Waals surface area contributed by atoms with Gasteiger partial charge in [0.2, 0.25) is 5.13 Å². The number of thiazole rings is 1. The molecule has 110 valence electrons. The van der Waals surface area contributed by atoms with Crippen molar-refractivity contribution < 1.29 is 0 Å². The highest BCUT2D eigenvalue weighted by molar-refractivity contribution is 7.23. The van der Waals surface area contributed by atoms with Gasteiger partial charge in [-0.05, 0) is 6.92 Å². The molecule has 0 saturated heterocycles. The van der Waals surface area contributed by atoms with Gasteiger partial charge < -0.3 is 5.32 Å². The van der Waals surface area contributed by atoms with Crippen LogP contribution in [-0.4, -0.2) is 21.7 Å². The van der Waals surface area contributed by atoms with Crippen LogP contribution in [0.3, 0.4) is 0 Å². The maximum Gasteiger partial charge on any atom is 0.206 e. The van der Waals surface area contributed by atoms with Crippen molar-refractivity contribution in [2.45, 2.75) is 52.9 Å². The highest BCUT2D eigenvalue weighted by atomic mass is 32.1. The second kappa shape index (κ2) is 5.77. The maximum absolute atomic E-state index is 4.85. The molecule has 0 aliphatic heterocycles. The molecule has 2 rings (SSSR count). The van der Waals surface area contributed by atoms with Crippen molar-refractivity contribution in [2.24, 2.45) is 0 Å². The van der Waals surface area contributed by atoms with Crippen LogP contribution in [0.2, 0.25) is 0 Å². The zero-order valence-corrected chi connectivity index (χ0v) is 14.6. The van der Waals surface area contributed by atoms with E-state index in [0.717, 1.165) is 22.4 Å². The van der Waals surface area contributed by atoms with Crippen molar-refractivity contribution >= 4 is 27.8 Å². The topological polar surface area (TPSA) is 50.7 Å². The second-order valence-electron chi connectivity index (χ2n) is 6.08. The number of rotatable bonds is 4. The fourth-order valence-electron chi connectivity index (χ4n) is 1.77. The first-order valence-corrected chi connectivity index (χ1v) is 8.55. The maximum atomic E-state index is 4.85. The van der Waals surface area contributed by atoms with Gasteiger partial charge in [0, 0.05) is 17.9 Å². The van der Waals surface area contributed by atoms with Crippen LogP contribution >= 0.6 is 22.7 Å². The van der Waals surface area contributed by atoms with Crippen LogP contribution in [0, 0.1) is 0 Å². The normalized spacial score (nSPS) is 12.2. The van der Waals surface area contributed by atoms with E-state index in [2.05, 4.69) is 57.1 Å². The number of aromatic nitrogens is 3. The average molecular weight is 310 g/mol. The molecule has 0 saturated carbocycles. The summed E-state index contributed by atoms with van der Waals surface area (Å²) in [6.45, 7) is 13.9. The molecule has 0 fully saturated rings. The Balaban J connectivity index is 2.47.